The van der Waals surface area contributed by atoms with Gasteiger partial charge in [-0.15, -0.1) is 0 Å². The fourth-order valence-corrected chi connectivity index (χ4v) is 3.72. The van der Waals surface area contributed by atoms with Crippen molar-refractivity contribution in [1.29, 1.82) is 0 Å². The van der Waals surface area contributed by atoms with E-state index in [1.807, 2.05) is 12.1 Å². The summed E-state index contributed by atoms with van der Waals surface area (Å²) in [6.45, 7) is 3.16. The molecule has 0 amide bonds. The largest absolute Gasteiger partial charge is 0.539 e. The van der Waals surface area contributed by atoms with E-state index in [0.717, 1.165) is 32.5 Å². The van der Waals surface area contributed by atoms with Crippen LogP contribution in [0.15, 0.2) is 48.5 Å². The lowest BCUT2D eigenvalue weighted by molar-refractivity contribution is -0.906. The standard InChI is InChI=1S/C21H24FNO2.C2H2O4/c22-19-10-8-16(9-11-19)21(25)7-3-13-23-12-2-5-18(15-23)17-4-1-6-20(24)14-17;3-1(4)2(5)6/h1,4,6,8-11,14,18,24H,2-3,5,7,12-13,15H2;(H,3,4)(H,5,6). The van der Waals surface area contributed by atoms with E-state index in [-0.39, 0.29) is 11.6 Å². The Morgan fingerprint density at radius 3 is 2.42 bits per heavy atom. The predicted octanol–water partition coefficient (Wildman–Crippen LogP) is 0.778. The van der Waals surface area contributed by atoms with E-state index in [9.17, 15) is 14.3 Å². The van der Waals surface area contributed by atoms with Crippen molar-refractivity contribution in [2.75, 3.05) is 19.6 Å². The second kappa shape index (κ2) is 11.8. The van der Waals surface area contributed by atoms with Crippen LogP contribution in [-0.4, -0.2) is 47.6 Å². The highest BCUT2D eigenvalue weighted by Gasteiger charge is 2.24. The number of hydrogen-bond donors (Lipinski definition) is 3. The first kappa shape index (κ1) is 24.0. The van der Waals surface area contributed by atoms with E-state index in [1.54, 1.807) is 18.2 Å². The number of rotatable bonds is 6. The van der Waals surface area contributed by atoms with Crippen molar-refractivity contribution < 1.29 is 39.0 Å². The Morgan fingerprint density at radius 2 is 1.81 bits per heavy atom. The van der Waals surface area contributed by atoms with Gasteiger partial charge in [0, 0.05) is 24.3 Å². The van der Waals surface area contributed by atoms with Gasteiger partial charge in [-0.05, 0) is 54.8 Å². The first-order chi connectivity index (χ1) is 14.8. The van der Waals surface area contributed by atoms with E-state index in [1.165, 1.54) is 29.0 Å². The van der Waals surface area contributed by atoms with Gasteiger partial charge in [-0.3, -0.25) is 4.79 Å². The van der Waals surface area contributed by atoms with Gasteiger partial charge in [-0.1, -0.05) is 12.1 Å². The Balaban J connectivity index is 0.000000501. The molecule has 1 aliphatic heterocycles. The van der Waals surface area contributed by atoms with Crippen LogP contribution in [0.2, 0.25) is 0 Å². The van der Waals surface area contributed by atoms with Crippen LogP contribution in [0.5, 0.6) is 5.75 Å². The third-order valence-electron chi connectivity index (χ3n) is 5.23. The summed E-state index contributed by atoms with van der Waals surface area (Å²) >= 11 is 0. The smallest absolute Gasteiger partial charge is 0.351 e. The zero-order chi connectivity index (χ0) is 22.8. The number of aromatic hydroxyl groups is 1. The molecule has 2 unspecified atom stereocenters. The average Bonchev–Trinajstić information content (AvgIpc) is 2.75. The van der Waals surface area contributed by atoms with Crippen molar-refractivity contribution in [3.63, 3.8) is 0 Å². The third kappa shape index (κ3) is 8.18. The molecule has 7 nitrogen and oxygen atoms in total. The molecule has 2 aromatic rings. The summed E-state index contributed by atoms with van der Waals surface area (Å²) in [4.78, 5) is 31.7. The third-order valence-corrected chi connectivity index (χ3v) is 5.23. The number of carboxylic acid groups (broad SMARTS) is 2. The number of nitrogens with one attached hydrogen (secondary N) is 1. The average molecular weight is 431 g/mol. The highest BCUT2D eigenvalue weighted by atomic mass is 19.1. The molecule has 3 N–H and O–H groups in total. The fourth-order valence-electron chi connectivity index (χ4n) is 3.72. The van der Waals surface area contributed by atoms with Crippen LogP contribution in [0.3, 0.4) is 0 Å². The van der Waals surface area contributed by atoms with Gasteiger partial charge in [0.25, 0.3) is 0 Å². The van der Waals surface area contributed by atoms with Crippen LogP contribution < -0.4 is 10.0 Å². The Labute approximate surface area is 179 Å². The molecule has 0 radical (unpaired) electrons. The lowest BCUT2D eigenvalue weighted by Crippen LogP contribution is -3.13. The van der Waals surface area contributed by atoms with Gasteiger partial charge in [0.15, 0.2) is 11.8 Å². The number of piperidine rings is 1. The second-order valence-electron chi connectivity index (χ2n) is 7.51. The molecule has 1 aliphatic rings. The summed E-state index contributed by atoms with van der Waals surface area (Å²) in [5.74, 6) is -3.43. The Kier molecular flexibility index (Phi) is 9.14. The number of carbonyl (C=O) groups is 3. The van der Waals surface area contributed by atoms with Gasteiger partial charge in [-0.2, -0.15) is 0 Å². The van der Waals surface area contributed by atoms with Gasteiger partial charge in [0.2, 0.25) is 0 Å². The molecule has 0 spiro atoms. The van der Waals surface area contributed by atoms with Crippen LogP contribution in [0, 0.1) is 5.82 Å². The molecule has 31 heavy (non-hydrogen) atoms. The highest BCUT2D eigenvalue weighted by molar-refractivity contribution is 6.26. The zero-order valence-corrected chi connectivity index (χ0v) is 17.1. The van der Waals surface area contributed by atoms with Crippen LogP contribution in [0.25, 0.3) is 0 Å². The zero-order valence-electron chi connectivity index (χ0n) is 17.1. The SMILES string of the molecule is O=C(CCC[NH+]1CCCC(c2cccc(O)c2)C1)c1ccc(F)cc1.O=C([O-])C(=O)O. The van der Waals surface area contributed by atoms with Crippen molar-refractivity contribution in [2.24, 2.45) is 0 Å². The predicted molar refractivity (Wildman–Crippen MR) is 108 cm³/mol. The fraction of sp³-hybridized carbons (Fsp3) is 0.348. The summed E-state index contributed by atoms with van der Waals surface area (Å²) in [7, 11) is 0. The van der Waals surface area contributed by atoms with Gasteiger partial charge in [-0.25, -0.2) is 9.18 Å². The maximum absolute atomic E-state index is 12.9. The minimum atomic E-state index is -2.07. The minimum Gasteiger partial charge on any atom is -0.539 e. The normalized spacial score (nSPS) is 17.8. The summed E-state index contributed by atoms with van der Waals surface area (Å²) < 4.78 is 12.9. The number of aliphatic carboxylic acids is 2. The maximum Gasteiger partial charge on any atom is 0.351 e. The van der Waals surface area contributed by atoms with Crippen LogP contribution >= 0.6 is 0 Å². The molecular formula is C23H26FNO6. The number of ketones is 1. The van der Waals surface area contributed by atoms with E-state index >= 15 is 0 Å². The first-order valence-electron chi connectivity index (χ1n) is 10.1. The molecule has 166 valence electrons. The molecule has 0 saturated carbocycles. The Morgan fingerprint density at radius 1 is 1.13 bits per heavy atom. The van der Waals surface area contributed by atoms with Crippen LogP contribution in [-0.2, 0) is 9.59 Å². The lowest BCUT2D eigenvalue weighted by atomic mass is 9.90. The van der Waals surface area contributed by atoms with Crippen molar-refractivity contribution >= 4 is 17.7 Å². The van der Waals surface area contributed by atoms with E-state index < -0.39 is 11.9 Å². The summed E-state index contributed by atoms with van der Waals surface area (Å²) in [5, 5.41) is 26.0. The lowest BCUT2D eigenvalue weighted by Gasteiger charge is -2.30. The molecule has 3 rings (SSSR count). The number of Topliss-reactive ketones (excluding diaryl/α,β-unsaturated/α-hetero) is 1. The number of benzene rings is 2. The van der Waals surface area contributed by atoms with E-state index in [0.29, 0.717) is 23.7 Å². The van der Waals surface area contributed by atoms with Gasteiger partial charge in [0.05, 0.1) is 19.6 Å². The highest BCUT2D eigenvalue weighted by Crippen LogP contribution is 2.24. The summed E-state index contributed by atoms with van der Waals surface area (Å²) in [6, 6.07) is 13.4. The minimum absolute atomic E-state index is 0.0842. The van der Waals surface area contributed by atoms with Crippen molar-refractivity contribution in [3.05, 3.63) is 65.5 Å². The molecule has 8 heteroatoms. The number of carboxylic acids is 2. The Bertz CT molecular complexity index is 887. The van der Waals surface area contributed by atoms with E-state index in [4.69, 9.17) is 19.8 Å². The number of hydrogen-bond acceptors (Lipinski definition) is 5. The van der Waals surface area contributed by atoms with Gasteiger partial charge in [0.1, 0.15) is 11.6 Å². The van der Waals surface area contributed by atoms with Crippen molar-refractivity contribution in [3.8, 4) is 5.75 Å². The van der Waals surface area contributed by atoms with Crippen molar-refractivity contribution in [2.45, 2.75) is 31.6 Å². The van der Waals surface area contributed by atoms with Gasteiger partial charge >= 0.3 is 5.97 Å². The summed E-state index contributed by atoms with van der Waals surface area (Å²) in [6.07, 6.45) is 3.67. The molecule has 1 heterocycles. The summed E-state index contributed by atoms with van der Waals surface area (Å²) in [5.41, 5.74) is 1.80. The van der Waals surface area contributed by atoms with Crippen molar-refractivity contribution in [1.82, 2.24) is 0 Å². The quantitative estimate of drug-likeness (QED) is 0.459. The molecule has 1 saturated heterocycles. The molecule has 0 bridgehead atoms. The molecule has 0 aromatic heterocycles. The number of carbonyl (C=O) groups excluding carboxylic acids is 2. The number of phenolic OH excluding ortho intramolecular Hbond substituents is 1. The Hall–Kier alpha value is -3.26. The topological polar surface area (TPSA) is 119 Å². The number of halogens is 1. The van der Waals surface area contributed by atoms with E-state index in [2.05, 4.69) is 6.07 Å². The second-order valence-corrected chi connectivity index (χ2v) is 7.51. The van der Waals surface area contributed by atoms with Gasteiger partial charge < -0.3 is 25.0 Å². The maximum atomic E-state index is 12.9. The number of quaternary nitrogens is 1. The first-order valence-corrected chi connectivity index (χ1v) is 10.1. The monoisotopic (exact) mass is 431 g/mol. The number of likely N-dealkylation sites (tertiary alicyclic amines) is 1. The molecule has 2 atom stereocenters. The molecule has 2 aromatic carbocycles. The van der Waals surface area contributed by atoms with Crippen LogP contribution in [0.1, 0.15) is 47.5 Å². The molecular weight excluding hydrogens is 405 g/mol. The number of phenols is 1. The molecule has 0 aliphatic carbocycles. The molecule has 1 fully saturated rings. The van der Waals surface area contributed by atoms with Crippen LogP contribution in [0.4, 0.5) is 4.39 Å².